The van der Waals surface area contributed by atoms with E-state index >= 15 is 0 Å². The van der Waals surface area contributed by atoms with Crippen LogP contribution in [-0.4, -0.2) is 54.5 Å². The van der Waals surface area contributed by atoms with Crippen LogP contribution in [-0.2, 0) is 4.79 Å². The first-order chi connectivity index (χ1) is 12.9. The van der Waals surface area contributed by atoms with Crippen LogP contribution in [0.3, 0.4) is 0 Å². The van der Waals surface area contributed by atoms with Crippen molar-refractivity contribution in [3.8, 4) is 0 Å². The van der Waals surface area contributed by atoms with Crippen LogP contribution < -0.4 is 16.0 Å². The molecule has 2 unspecified atom stereocenters. The Bertz CT molecular complexity index is 667. The van der Waals surface area contributed by atoms with Gasteiger partial charge in [-0.25, -0.2) is 4.79 Å². The lowest BCUT2D eigenvalue weighted by molar-refractivity contribution is -0.130. The number of hydrogen-bond donors (Lipinski definition) is 3. The molecule has 1 aromatic heterocycles. The van der Waals surface area contributed by atoms with E-state index < -0.39 is 5.54 Å². The highest BCUT2D eigenvalue weighted by Gasteiger charge is 2.45. The van der Waals surface area contributed by atoms with Crippen LogP contribution in [0.15, 0.2) is 21.8 Å². The van der Waals surface area contributed by atoms with Crippen molar-refractivity contribution in [2.75, 3.05) is 26.2 Å². The average molecular weight is 521 g/mol. The fourth-order valence-electron chi connectivity index (χ4n) is 2.86. The number of aliphatic imine (C=N–C) groups is 1. The Morgan fingerprint density at radius 2 is 2.11 bits per heavy atom. The zero-order chi connectivity index (χ0) is 19.9. The smallest absolute Gasteiger partial charge is 0.325 e. The van der Waals surface area contributed by atoms with Gasteiger partial charge < -0.3 is 16.0 Å². The molecule has 1 aliphatic rings. The van der Waals surface area contributed by atoms with Crippen molar-refractivity contribution in [2.24, 2.45) is 4.99 Å². The maximum absolute atomic E-state index is 12.4. The lowest BCUT2D eigenvalue weighted by Gasteiger charge is -2.19. The van der Waals surface area contributed by atoms with Gasteiger partial charge in [-0.15, -0.1) is 24.0 Å². The molecule has 1 fully saturated rings. The first-order valence-electron chi connectivity index (χ1n) is 9.59. The maximum atomic E-state index is 12.4. The fraction of sp³-hybridized carbons (Fsp3) is 0.632. The fourth-order valence-corrected chi connectivity index (χ4v) is 3.65. The number of halogens is 1. The topological polar surface area (TPSA) is 85.8 Å². The molecule has 2 heterocycles. The number of thiophene rings is 1. The maximum Gasteiger partial charge on any atom is 0.325 e. The summed E-state index contributed by atoms with van der Waals surface area (Å²) in [5.41, 5.74) is 0.538. The summed E-state index contributed by atoms with van der Waals surface area (Å²) in [7, 11) is 0. The summed E-state index contributed by atoms with van der Waals surface area (Å²) >= 11 is 1.70. The Labute approximate surface area is 188 Å². The summed E-state index contributed by atoms with van der Waals surface area (Å²) in [6, 6.07) is 1.84. The number of hydrogen-bond acceptors (Lipinski definition) is 4. The summed E-state index contributed by atoms with van der Waals surface area (Å²) in [5, 5.41) is 13.5. The minimum atomic E-state index is -0.765. The standard InChI is InChI=1S/C19H31N5O2S.HI/c1-5-19(4)16(25)24(18(26)23-19)10-7-9-21-17(20-6-2)22-12-14(3)15-8-11-27-13-15;/h8,11,13-14H,5-7,9-10,12H2,1-4H3,(H,23,26)(H2,20,21,22);1H. The van der Waals surface area contributed by atoms with Crippen LogP contribution in [0.1, 0.15) is 52.0 Å². The predicted molar refractivity (Wildman–Crippen MR) is 126 cm³/mol. The molecule has 158 valence electrons. The third-order valence-corrected chi connectivity index (χ3v) is 5.58. The number of nitrogens with zero attached hydrogens (tertiary/aromatic N) is 2. The molecule has 0 aromatic carbocycles. The van der Waals surface area contributed by atoms with Gasteiger partial charge in [0.2, 0.25) is 0 Å². The Morgan fingerprint density at radius 1 is 1.36 bits per heavy atom. The van der Waals surface area contributed by atoms with E-state index in [9.17, 15) is 9.59 Å². The Balaban J connectivity index is 0.00000392. The first-order valence-corrected chi connectivity index (χ1v) is 10.5. The molecule has 0 aliphatic carbocycles. The number of amides is 3. The molecule has 0 bridgehead atoms. The minimum Gasteiger partial charge on any atom is -0.357 e. The molecule has 1 aromatic rings. The number of nitrogens with one attached hydrogen (secondary N) is 3. The quantitative estimate of drug-likeness (QED) is 0.153. The normalized spacial score (nSPS) is 20.6. The molecular weight excluding hydrogens is 489 g/mol. The molecule has 2 atom stereocenters. The molecule has 1 saturated heterocycles. The highest BCUT2D eigenvalue weighted by Crippen LogP contribution is 2.21. The zero-order valence-electron chi connectivity index (χ0n) is 17.1. The molecule has 2 rings (SSSR count). The molecule has 28 heavy (non-hydrogen) atoms. The van der Waals surface area contributed by atoms with E-state index in [0.717, 1.165) is 12.5 Å². The Hall–Kier alpha value is -1.36. The van der Waals surface area contributed by atoms with Crippen molar-refractivity contribution in [3.05, 3.63) is 22.4 Å². The van der Waals surface area contributed by atoms with Crippen molar-refractivity contribution in [3.63, 3.8) is 0 Å². The minimum absolute atomic E-state index is 0. The van der Waals surface area contributed by atoms with Gasteiger partial charge in [0.25, 0.3) is 5.91 Å². The van der Waals surface area contributed by atoms with Crippen LogP contribution in [0.5, 0.6) is 0 Å². The van der Waals surface area contributed by atoms with Gasteiger partial charge in [0.1, 0.15) is 5.54 Å². The lowest BCUT2D eigenvalue weighted by Crippen LogP contribution is -2.43. The van der Waals surface area contributed by atoms with Crippen LogP contribution in [0.2, 0.25) is 0 Å². The number of carbonyl (C=O) groups excluding carboxylic acids is 2. The zero-order valence-corrected chi connectivity index (χ0v) is 20.2. The first kappa shape index (κ1) is 24.7. The second-order valence-corrected chi connectivity index (χ2v) is 7.81. The van der Waals surface area contributed by atoms with Crippen molar-refractivity contribution >= 4 is 53.2 Å². The van der Waals surface area contributed by atoms with E-state index in [1.54, 1.807) is 18.3 Å². The van der Waals surface area contributed by atoms with Gasteiger partial charge >= 0.3 is 6.03 Å². The molecular formula is C19H32IN5O2S. The van der Waals surface area contributed by atoms with Gasteiger partial charge in [0.05, 0.1) is 0 Å². The van der Waals surface area contributed by atoms with Crippen molar-refractivity contribution in [1.29, 1.82) is 0 Å². The Kier molecular flexibility index (Phi) is 10.2. The average Bonchev–Trinajstić information content (AvgIpc) is 3.25. The van der Waals surface area contributed by atoms with Gasteiger partial charge in [0, 0.05) is 32.1 Å². The van der Waals surface area contributed by atoms with Crippen LogP contribution in [0, 0.1) is 0 Å². The molecule has 1 aliphatic heterocycles. The lowest BCUT2D eigenvalue weighted by atomic mass is 9.99. The number of imide groups is 1. The van der Waals surface area contributed by atoms with Crippen molar-refractivity contribution in [2.45, 2.75) is 52.0 Å². The van der Waals surface area contributed by atoms with E-state index in [2.05, 4.69) is 44.7 Å². The van der Waals surface area contributed by atoms with Gasteiger partial charge in [-0.1, -0.05) is 13.8 Å². The number of carbonyl (C=O) groups is 2. The van der Waals surface area contributed by atoms with E-state index in [0.29, 0.717) is 38.4 Å². The molecule has 7 nitrogen and oxygen atoms in total. The van der Waals surface area contributed by atoms with Gasteiger partial charge in [-0.2, -0.15) is 11.3 Å². The van der Waals surface area contributed by atoms with Gasteiger partial charge in [-0.05, 0) is 49.1 Å². The molecule has 0 radical (unpaired) electrons. The largest absolute Gasteiger partial charge is 0.357 e. The number of rotatable bonds is 9. The molecule has 0 spiro atoms. The van der Waals surface area contributed by atoms with E-state index in [1.807, 2.05) is 13.8 Å². The van der Waals surface area contributed by atoms with E-state index in [4.69, 9.17) is 0 Å². The number of urea groups is 1. The summed E-state index contributed by atoms with van der Waals surface area (Å²) in [6.07, 6.45) is 1.26. The third kappa shape index (κ3) is 6.33. The Morgan fingerprint density at radius 3 is 2.68 bits per heavy atom. The summed E-state index contributed by atoms with van der Waals surface area (Å²) in [5.74, 6) is 0.986. The highest BCUT2D eigenvalue weighted by atomic mass is 127. The van der Waals surface area contributed by atoms with E-state index in [1.165, 1.54) is 10.5 Å². The predicted octanol–water partition coefficient (Wildman–Crippen LogP) is 3.14. The van der Waals surface area contributed by atoms with E-state index in [-0.39, 0.29) is 35.9 Å². The molecule has 0 saturated carbocycles. The summed E-state index contributed by atoms with van der Waals surface area (Å²) in [6.45, 7) is 10.4. The van der Waals surface area contributed by atoms with Gasteiger partial charge in [-0.3, -0.25) is 14.7 Å². The van der Waals surface area contributed by atoms with Crippen LogP contribution >= 0.6 is 35.3 Å². The molecule has 3 amide bonds. The summed E-state index contributed by atoms with van der Waals surface area (Å²) in [4.78, 5) is 30.4. The molecule has 3 N–H and O–H groups in total. The number of guanidine groups is 1. The second-order valence-electron chi connectivity index (χ2n) is 7.03. The van der Waals surface area contributed by atoms with Gasteiger partial charge in [0.15, 0.2) is 5.96 Å². The SMILES string of the molecule is CCNC(=NCC(C)c1ccsc1)NCCCN1C(=O)NC(C)(CC)C1=O.I. The van der Waals surface area contributed by atoms with Crippen LogP contribution in [0.4, 0.5) is 4.79 Å². The monoisotopic (exact) mass is 521 g/mol. The second kappa shape index (κ2) is 11.6. The highest BCUT2D eigenvalue weighted by molar-refractivity contribution is 14.0. The van der Waals surface area contributed by atoms with Crippen molar-refractivity contribution in [1.82, 2.24) is 20.9 Å². The van der Waals surface area contributed by atoms with Crippen molar-refractivity contribution < 1.29 is 9.59 Å². The molecule has 9 heteroatoms. The summed E-state index contributed by atoms with van der Waals surface area (Å²) < 4.78 is 0. The van der Waals surface area contributed by atoms with Crippen LogP contribution in [0.25, 0.3) is 0 Å². The third-order valence-electron chi connectivity index (χ3n) is 4.88.